The predicted octanol–water partition coefficient (Wildman–Crippen LogP) is -2.65. The Bertz CT molecular complexity index is 404. The fourth-order valence-electron chi connectivity index (χ4n) is 1.54. The van der Waals surface area contributed by atoms with Crippen LogP contribution in [-0.2, 0) is 20.7 Å². The van der Waals surface area contributed by atoms with Crippen molar-refractivity contribution in [3.05, 3.63) is 35.9 Å². The van der Waals surface area contributed by atoms with Gasteiger partial charge in [0.2, 0.25) is 5.91 Å². The number of ether oxygens (including phenoxy) is 1. The molecule has 0 aliphatic carbocycles. The third-order valence-corrected chi connectivity index (χ3v) is 2.37. The molecule has 6 heteroatoms. The van der Waals surface area contributed by atoms with E-state index in [1.807, 2.05) is 30.3 Å². The summed E-state index contributed by atoms with van der Waals surface area (Å²) in [5, 5.41) is 2.56. The molecule has 0 saturated heterocycles. The van der Waals surface area contributed by atoms with Crippen LogP contribution in [0.1, 0.15) is 13.9 Å². The smallest absolute Gasteiger partial charge is 1.00 e. The second kappa shape index (κ2) is 9.35. The predicted molar refractivity (Wildman–Crippen MR) is 68.9 cm³/mol. The number of nitrogens with one attached hydrogen (secondary N) is 1. The molecule has 106 valence electrons. The van der Waals surface area contributed by atoms with Crippen LogP contribution in [0.3, 0.4) is 0 Å². The van der Waals surface area contributed by atoms with Crippen molar-refractivity contribution in [1.29, 1.82) is 0 Å². The van der Waals surface area contributed by atoms with Crippen LogP contribution in [0.25, 0.3) is 0 Å². The molecule has 0 aliphatic heterocycles. The largest absolute Gasteiger partial charge is 1.00 e. The van der Waals surface area contributed by atoms with E-state index in [0.717, 1.165) is 5.56 Å². The number of hydrogen-bond donors (Lipinski definition) is 2. The Labute approximate surface area is 120 Å². The first-order chi connectivity index (χ1) is 8.67. The zero-order valence-corrected chi connectivity index (χ0v) is 11.5. The molecule has 19 heavy (non-hydrogen) atoms. The van der Waals surface area contributed by atoms with Gasteiger partial charge in [0.15, 0.2) is 0 Å². The summed E-state index contributed by atoms with van der Waals surface area (Å²) in [5.41, 5.74) is 6.18. The summed E-state index contributed by atoms with van der Waals surface area (Å²) in [7, 11) is 0. The molecule has 0 radical (unpaired) electrons. The average Bonchev–Trinajstić information content (AvgIpc) is 2.39. The molecule has 5 nitrogen and oxygen atoms in total. The van der Waals surface area contributed by atoms with Crippen molar-refractivity contribution in [3.63, 3.8) is 0 Å². The van der Waals surface area contributed by atoms with Crippen LogP contribution in [0.4, 0.5) is 0 Å². The van der Waals surface area contributed by atoms with Crippen LogP contribution in [0, 0.1) is 0 Å². The lowest BCUT2D eigenvalue weighted by atomic mass is 10.1. The minimum atomic E-state index is -0.691. The highest BCUT2D eigenvalue weighted by atomic mass is 35.5. The lowest BCUT2D eigenvalue weighted by molar-refractivity contribution is -0.147. The number of rotatable bonds is 6. The lowest BCUT2D eigenvalue weighted by Crippen LogP contribution is -3.00. The maximum atomic E-state index is 11.7. The van der Waals surface area contributed by atoms with E-state index < -0.39 is 12.0 Å². The normalized spacial score (nSPS) is 11.1. The van der Waals surface area contributed by atoms with E-state index in [4.69, 9.17) is 10.5 Å². The molecule has 1 aromatic rings. The molecule has 1 atom stereocenters. The highest BCUT2D eigenvalue weighted by molar-refractivity contribution is 5.85. The summed E-state index contributed by atoms with van der Waals surface area (Å²) in [5.74, 6) is -0.813. The highest BCUT2D eigenvalue weighted by Gasteiger charge is 2.21. The van der Waals surface area contributed by atoms with E-state index in [0.29, 0.717) is 6.42 Å². The molecule has 0 fully saturated rings. The molecule has 1 unspecified atom stereocenters. The summed E-state index contributed by atoms with van der Waals surface area (Å²) < 4.78 is 4.93. The standard InChI is InChI=1S/C13H18N2O3.ClH/c1-2-18-13(17)11(15-12(16)9-14)8-10-6-4-3-5-7-10;/h3-7,11H,2,8-9,14H2,1H3,(H,15,16);1H. The van der Waals surface area contributed by atoms with Gasteiger partial charge in [-0.2, -0.15) is 0 Å². The number of benzene rings is 1. The Morgan fingerprint density at radius 3 is 2.53 bits per heavy atom. The van der Waals surface area contributed by atoms with E-state index >= 15 is 0 Å². The SMILES string of the molecule is CCOC(=O)C(Cc1ccccc1)NC(=O)CN.[Cl-].[H+]. The zero-order chi connectivity index (χ0) is 13.4. The van der Waals surface area contributed by atoms with Gasteiger partial charge in [-0.05, 0) is 12.5 Å². The quantitative estimate of drug-likeness (QED) is 0.560. The minimum Gasteiger partial charge on any atom is -1.00 e. The average molecular weight is 287 g/mol. The molecule has 0 spiro atoms. The van der Waals surface area contributed by atoms with E-state index in [-0.39, 0.29) is 32.9 Å². The Hall–Kier alpha value is -1.59. The van der Waals surface area contributed by atoms with Gasteiger partial charge in [-0.15, -0.1) is 0 Å². The van der Waals surface area contributed by atoms with Gasteiger partial charge in [-0.3, -0.25) is 4.79 Å². The molecule has 0 aromatic heterocycles. The maximum absolute atomic E-state index is 11.7. The van der Waals surface area contributed by atoms with Crippen LogP contribution in [0.2, 0.25) is 0 Å². The van der Waals surface area contributed by atoms with Gasteiger partial charge in [0.1, 0.15) is 6.04 Å². The first-order valence-corrected chi connectivity index (χ1v) is 5.87. The first-order valence-electron chi connectivity index (χ1n) is 5.87. The van der Waals surface area contributed by atoms with Gasteiger partial charge in [-0.1, -0.05) is 30.3 Å². The van der Waals surface area contributed by atoms with E-state index in [1.54, 1.807) is 6.92 Å². The highest BCUT2D eigenvalue weighted by Crippen LogP contribution is 2.04. The third kappa shape index (κ3) is 6.22. The van der Waals surface area contributed by atoms with Crippen LogP contribution in [0.5, 0.6) is 0 Å². The number of carbonyl (C=O) groups excluding carboxylic acids is 2. The molecule has 1 rings (SSSR count). The second-order valence-corrected chi connectivity index (χ2v) is 3.77. The number of nitrogens with two attached hydrogens (primary N) is 1. The Morgan fingerprint density at radius 1 is 1.37 bits per heavy atom. The minimum absolute atomic E-state index is 0. The van der Waals surface area contributed by atoms with Crippen molar-refractivity contribution in [2.75, 3.05) is 13.2 Å². The summed E-state index contributed by atoms with van der Waals surface area (Å²) in [6.07, 6.45) is 0.394. The van der Waals surface area contributed by atoms with Crippen LogP contribution >= 0.6 is 0 Å². The Balaban J connectivity index is 0. The number of carbonyl (C=O) groups is 2. The summed E-state index contributed by atoms with van der Waals surface area (Å²) in [6, 6.07) is 8.73. The molecule has 0 bridgehead atoms. The molecule has 1 aromatic carbocycles. The molecule has 0 saturated carbocycles. The maximum Gasteiger partial charge on any atom is 1.00 e. The lowest BCUT2D eigenvalue weighted by Gasteiger charge is -2.16. The topological polar surface area (TPSA) is 81.4 Å². The number of esters is 1. The van der Waals surface area contributed by atoms with Gasteiger partial charge >= 0.3 is 7.40 Å². The first kappa shape index (κ1) is 17.4. The van der Waals surface area contributed by atoms with Gasteiger partial charge < -0.3 is 28.2 Å². The fourth-order valence-corrected chi connectivity index (χ4v) is 1.54. The van der Waals surface area contributed by atoms with E-state index in [2.05, 4.69) is 5.32 Å². The molecular weight excluding hydrogens is 268 g/mol. The van der Waals surface area contributed by atoms with E-state index in [9.17, 15) is 9.59 Å². The molecule has 1 amide bonds. The monoisotopic (exact) mass is 286 g/mol. The van der Waals surface area contributed by atoms with Gasteiger partial charge in [-0.25, -0.2) is 4.79 Å². The molecular formula is C13H19ClN2O3. The number of amides is 1. The van der Waals surface area contributed by atoms with Crippen molar-refractivity contribution >= 4 is 11.9 Å². The van der Waals surface area contributed by atoms with Crippen LogP contribution < -0.4 is 23.5 Å². The van der Waals surface area contributed by atoms with Gasteiger partial charge in [0, 0.05) is 6.42 Å². The summed E-state index contributed by atoms with van der Waals surface area (Å²) >= 11 is 0. The van der Waals surface area contributed by atoms with Crippen molar-refractivity contribution < 1.29 is 28.2 Å². The fraction of sp³-hybridized carbons (Fsp3) is 0.385. The van der Waals surface area contributed by atoms with Crippen LogP contribution in [-0.4, -0.2) is 31.1 Å². The van der Waals surface area contributed by atoms with Crippen molar-refractivity contribution in [3.8, 4) is 0 Å². The van der Waals surface area contributed by atoms with Crippen molar-refractivity contribution in [2.45, 2.75) is 19.4 Å². The van der Waals surface area contributed by atoms with Gasteiger partial charge in [0.05, 0.1) is 13.2 Å². The molecule has 0 aliphatic rings. The van der Waals surface area contributed by atoms with E-state index in [1.165, 1.54) is 0 Å². The number of halogens is 1. The summed E-state index contributed by atoms with van der Waals surface area (Å²) in [6.45, 7) is 1.86. The Kier molecular flexibility index (Phi) is 8.57. The second-order valence-electron chi connectivity index (χ2n) is 3.77. The van der Waals surface area contributed by atoms with Gasteiger partial charge in [0.25, 0.3) is 0 Å². The number of hydrogen-bond acceptors (Lipinski definition) is 4. The molecule has 0 heterocycles. The Morgan fingerprint density at radius 2 is 2.00 bits per heavy atom. The third-order valence-electron chi connectivity index (χ3n) is 2.37. The summed E-state index contributed by atoms with van der Waals surface area (Å²) in [4.78, 5) is 23.0. The zero-order valence-electron chi connectivity index (χ0n) is 11.8. The van der Waals surface area contributed by atoms with Crippen molar-refractivity contribution in [1.82, 2.24) is 5.32 Å². The van der Waals surface area contributed by atoms with Crippen LogP contribution in [0.15, 0.2) is 30.3 Å². The van der Waals surface area contributed by atoms with Crippen molar-refractivity contribution in [2.24, 2.45) is 5.73 Å². The molecule has 3 N–H and O–H groups in total.